The predicted molar refractivity (Wildman–Crippen MR) is 62.1 cm³/mol. The lowest BCUT2D eigenvalue weighted by atomic mass is 10.2. The van der Waals surface area contributed by atoms with E-state index in [1.165, 1.54) is 12.8 Å². The van der Waals surface area contributed by atoms with Gasteiger partial charge in [0.2, 0.25) is 5.91 Å². The molecule has 2 aliphatic rings. The maximum atomic E-state index is 11.4. The summed E-state index contributed by atoms with van der Waals surface area (Å²) in [5.41, 5.74) is 0. The number of likely N-dealkylation sites (tertiary alicyclic amines) is 1. The minimum atomic E-state index is 0.197. The zero-order valence-electron chi connectivity index (χ0n) is 10.1. The van der Waals surface area contributed by atoms with E-state index in [4.69, 9.17) is 5.11 Å². The molecule has 4 nitrogen and oxygen atoms in total. The van der Waals surface area contributed by atoms with Gasteiger partial charge in [0.25, 0.3) is 0 Å². The molecule has 0 radical (unpaired) electrons. The molecule has 16 heavy (non-hydrogen) atoms. The van der Waals surface area contributed by atoms with E-state index in [1.54, 1.807) is 6.92 Å². The Labute approximate surface area is 97.2 Å². The van der Waals surface area contributed by atoms with Crippen molar-refractivity contribution in [3.63, 3.8) is 0 Å². The Balaban J connectivity index is 1.88. The highest BCUT2D eigenvalue weighted by molar-refractivity contribution is 5.73. The van der Waals surface area contributed by atoms with Crippen LogP contribution in [-0.4, -0.2) is 59.1 Å². The van der Waals surface area contributed by atoms with Crippen molar-refractivity contribution in [3.8, 4) is 0 Å². The van der Waals surface area contributed by atoms with Gasteiger partial charge in [0.05, 0.1) is 6.61 Å². The van der Waals surface area contributed by atoms with Crippen LogP contribution in [0.5, 0.6) is 0 Å². The fraction of sp³-hybridized carbons (Fsp3) is 0.917. The number of carbonyl (C=O) groups excluding carboxylic acids is 1. The first-order valence-corrected chi connectivity index (χ1v) is 6.34. The van der Waals surface area contributed by atoms with E-state index < -0.39 is 0 Å². The molecule has 2 fully saturated rings. The molecular weight excluding hydrogens is 204 g/mol. The molecule has 1 saturated heterocycles. The third-order valence-electron chi connectivity index (χ3n) is 3.68. The van der Waals surface area contributed by atoms with Crippen LogP contribution in [0.25, 0.3) is 0 Å². The lowest BCUT2D eigenvalue weighted by Crippen LogP contribution is -2.44. The van der Waals surface area contributed by atoms with Crippen LogP contribution in [-0.2, 0) is 4.79 Å². The zero-order valence-corrected chi connectivity index (χ0v) is 10.1. The quantitative estimate of drug-likeness (QED) is 0.740. The van der Waals surface area contributed by atoms with Gasteiger partial charge in [0, 0.05) is 38.6 Å². The first kappa shape index (κ1) is 11.9. The normalized spacial score (nSPS) is 25.4. The summed E-state index contributed by atoms with van der Waals surface area (Å²) >= 11 is 0. The summed E-state index contributed by atoms with van der Waals surface area (Å²) in [6.45, 7) is 4.50. The molecule has 0 unspecified atom stereocenters. The number of aliphatic hydroxyl groups is 1. The van der Waals surface area contributed by atoms with Crippen molar-refractivity contribution in [1.82, 2.24) is 9.80 Å². The average molecular weight is 226 g/mol. The smallest absolute Gasteiger partial charge is 0.219 e. The standard InChI is InChI=1S/C12H22N2O2/c1-10(16)14-6-2-3-12(14)9-13(7-8-15)11-4-5-11/h11-12,15H,2-9H2,1H3/t12-/m0/s1. The van der Waals surface area contributed by atoms with Gasteiger partial charge in [0.1, 0.15) is 0 Å². The molecule has 1 N–H and O–H groups in total. The van der Waals surface area contributed by atoms with Crippen LogP contribution in [0.3, 0.4) is 0 Å². The number of nitrogens with zero attached hydrogens (tertiary/aromatic N) is 2. The summed E-state index contributed by atoms with van der Waals surface area (Å²) in [5.74, 6) is 0.197. The van der Waals surface area contributed by atoms with Gasteiger partial charge in [-0.1, -0.05) is 0 Å². The van der Waals surface area contributed by atoms with Gasteiger partial charge in [0.15, 0.2) is 0 Å². The molecular formula is C12H22N2O2. The largest absolute Gasteiger partial charge is 0.395 e. The van der Waals surface area contributed by atoms with Crippen LogP contribution in [0.1, 0.15) is 32.6 Å². The second-order valence-corrected chi connectivity index (χ2v) is 4.96. The summed E-state index contributed by atoms with van der Waals surface area (Å²) in [6.07, 6.45) is 4.76. The molecule has 1 aliphatic heterocycles. The van der Waals surface area contributed by atoms with Crippen molar-refractivity contribution in [2.75, 3.05) is 26.2 Å². The number of hydrogen-bond donors (Lipinski definition) is 1. The Morgan fingerprint density at radius 3 is 2.75 bits per heavy atom. The van der Waals surface area contributed by atoms with Crippen LogP contribution in [0.15, 0.2) is 0 Å². The van der Waals surface area contributed by atoms with Crippen molar-refractivity contribution in [2.24, 2.45) is 0 Å². The van der Waals surface area contributed by atoms with Crippen molar-refractivity contribution in [2.45, 2.75) is 44.7 Å². The van der Waals surface area contributed by atoms with E-state index in [0.717, 1.165) is 32.5 Å². The molecule has 0 bridgehead atoms. The fourth-order valence-electron chi connectivity index (χ4n) is 2.70. The topological polar surface area (TPSA) is 43.8 Å². The number of amides is 1. The highest BCUT2D eigenvalue weighted by Gasteiger charge is 2.34. The highest BCUT2D eigenvalue weighted by atomic mass is 16.3. The van der Waals surface area contributed by atoms with E-state index in [1.807, 2.05) is 4.90 Å². The van der Waals surface area contributed by atoms with Gasteiger partial charge >= 0.3 is 0 Å². The van der Waals surface area contributed by atoms with Crippen molar-refractivity contribution in [1.29, 1.82) is 0 Å². The molecule has 0 spiro atoms. The fourth-order valence-corrected chi connectivity index (χ4v) is 2.70. The Hall–Kier alpha value is -0.610. The second kappa shape index (κ2) is 5.15. The monoisotopic (exact) mass is 226 g/mol. The minimum Gasteiger partial charge on any atom is -0.395 e. The van der Waals surface area contributed by atoms with E-state index in [0.29, 0.717) is 12.1 Å². The zero-order chi connectivity index (χ0) is 11.5. The lowest BCUT2D eigenvalue weighted by Gasteiger charge is -2.30. The molecule has 92 valence electrons. The lowest BCUT2D eigenvalue weighted by molar-refractivity contribution is -0.130. The highest BCUT2D eigenvalue weighted by Crippen LogP contribution is 2.28. The molecule has 0 aromatic heterocycles. The maximum absolute atomic E-state index is 11.4. The molecule has 1 aliphatic carbocycles. The van der Waals surface area contributed by atoms with Crippen LogP contribution >= 0.6 is 0 Å². The van der Waals surface area contributed by atoms with Gasteiger partial charge in [-0.3, -0.25) is 9.69 Å². The summed E-state index contributed by atoms with van der Waals surface area (Å²) in [6, 6.07) is 1.05. The molecule has 1 saturated carbocycles. The van der Waals surface area contributed by atoms with Crippen LogP contribution in [0.2, 0.25) is 0 Å². The summed E-state index contributed by atoms with van der Waals surface area (Å²) < 4.78 is 0. The number of rotatable bonds is 5. The summed E-state index contributed by atoms with van der Waals surface area (Å²) in [5, 5.41) is 9.04. The van der Waals surface area contributed by atoms with E-state index in [9.17, 15) is 4.79 Å². The van der Waals surface area contributed by atoms with Gasteiger partial charge in [-0.2, -0.15) is 0 Å². The van der Waals surface area contributed by atoms with Crippen molar-refractivity contribution >= 4 is 5.91 Å². The molecule has 1 heterocycles. The molecule has 1 amide bonds. The Kier molecular flexibility index (Phi) is 3.82. The first-order valence-electron chi connectivity index (χ1n) is 6.34. The van der Waals surface area contributed by atoms with E-state index in [-0.39, 0.29) is 12.5 Å². The molecule has 2 rings (SSSR count). The summed E-state index contributed by atoms with van der Waals surface area (Å²) in [7, 11) is 0. The Morgan fingerprint density at radius 2 is 2.19 bits per heavy atom. The number of aliphatic hydroxyl groups excluding tert-OH is 1. The van der Waals surface area contributed by atoms with Crippen LogP contribution in [0, 0.1) is 0 Å². The maximum Gasteiger partial charge on any atom is 0.219 e. The van der Waals surface area contributed by atoms with E-state index >= 15 is 0 Å². The molecule has 0 aromatic carbocycles. The summed E-state index contributed by atoms with van der Waals surface area (Å²) in [4.78, 5) is 15.8. The molecule has 1 atom stereocenters. The Morgan fingerprint density at radius 1 is 1.44 bits per heavy atom. The second-order valence-electron chi connectivity index (χ2n) is 4.96. The van der Waals surface area contributed by atoms with Crippen LogP contribution < -0.4 is 0 Å². The van der Waals surface area contributed by atoms with Gasteiger partial charge in [-0.25, -0.2) is 0 Å². The third-order valence-corrected chi connectivity index (χ3v) is 3.68. The predicted octanol–water partition coefficient (Wildman–Crippen LogP) is 0.454. The molecule has 0 aromatic rings. The molecule has 4 heteroatoms. The van der Waals surface area contributed by atoms with Gasteiger partial charge in [-0.05, 0) is 25.7 Å². The number of carbonyl (C=O) groups is 1. The minimum absolute atomic E-state index is 0.197. The number of hydrogen-bond acceptors (Lipinski definition) is 3. The van der Waals surface area contributed by atoms with E-state index in [2.05, 4.69) is 4.90 Å². The van der Waals surface area contributed by atoms with Gasteiger partial charge < -0.3 is 10.0 Å². The van der Waals surface area contributed by atoms with Crippen LogP contribution in [0.4, 0.5) is 0 Å². The van der Waals surface area contributed by atoms with Gasteiger partial charge in [-0.15, -0.1) is 0 Å². The average Bonchev–Trinajstić information content (AvgIpc) is 2.98. The first-order chi connectivity index (χ1) is 7.72. The van der Waals surface area contributed by atoms with Crippen molar-refractivity contribution in [3.05, 3.63) is 0 Å². The third kappa shape index (κ3) is 2.74. The Bertz CT molecular complexity index is 253. The SMILES string of the molecule is CC(=O)N1CCC[C@H]1CN(CCO)C1CC1. The van der Waals surface area contributed by atoms with Crippen molar-refractivity contribution < 1.29 is 9.90 Å².